The summed E-state index contributed by atoms with van der Waals surface area (Å²) in [6.07, 6.45) is 1.01. The third kappa shape index (κ3) is 5.60. The van der Waals surface area contributed by atoms with Crippen LogP contribution in [0.4, 0.5) is 10.1 Å². The van der Waals surface area contributed by atoms with E-state index in [4.69, 9.17) is 4.42 Å². The summed E-state index contributed by atoms with van der Waals surface area (Å²) in [7, 11) is 0. The molecule has 2 N–H and O–H groups in total. The molecule has 7 nitrogen and oxygen atoms in total. The number of anilines is 1. The van der Waals surface area contributed by atoms with Gasteiger partial charge < -0.3 is 14.8 Å². The van der Waals surface area contributed by atoms with Crippen LogP contribution in [0.2, 0.25) is 0 Å². The maximum atomic E-state index is 13.2. The van der Waals surface area contributed by atoms with Crippen LogP contribution >= 0.6 is 0 Å². The quantitative estimate of drug-likeness (QED) is 0.754. The van der Waals surface area contributed by atoms with E-state index in [1.807, 2.05) is 13.8 Å². The second kappa shape index (κ2) is 9.27. The number of nitrogens with one attached hydrogen (secondary N) is 1. The standard InChI is InChI=1S/C20H27FN4O3/c1-14(2)18(26)11-24-6-8-25(9-7-24)12-19-23-17(13-28-19)20(27)22-16-5-3-4-15(21)10-16/h3-5,10,13-14,18,26H,6-9,11-12H2,1-2H3,(H,22,27)/t18-/m0/s1. The van der Waals surface area contributed by atoms with Gasteiger partial charge in [0.15, 0.2) is 5.69 Å². The van der Waals surface area contributed by atoms with Crippen LogP contribution in [-0.2, 0) is 6.54 Å². The molecule has 0 unspecified atom stereocenters. The predicted molar refractivity (Wildman–Crippen MR) is 103 cm³/mol. The van der Waals surface area contributed by atoms with E-state index in [1.165, 1.54) is 24.5 Å². The molecule has 3 rings (SSSR count). The third-order valence-corrected chi connectivity index (χ3v) is 4.91. The van der Waals surface area contributed by atoms with Crippen LogP contribution in [-0.4, -0.2) is 64.6 Å². The maximum Gasteiger partial charge on any atom is 0.277 e. The van der Waals surface area contributed by atoms with Gasteiger partial charge in [-0.05, 0) is 24.1 Å². The van der Waals surface area contributed by atoms with Gasteiger partial charge in [0, 0.05) is 38.4 Å². The van der Waals surface area contributed by atoms with Gasteiger partial charge >= 0.3 is 0 Å². The lowest BCUT2D eigenvalue weighted by atomic mass is 10.1. The molecule has 1 saturated heterocycles. The van der Waals surface area contributed by atoms with Crippen LogP contribution < -0.4 is 5.32 Å². The van der Waals surface area contributed by atoms with Crippen LogP contribution in [0, 0.1) is 11.7 Å². The molecule has 28 heavy (non-hydrogen) atoms. The van der Waals surface area contributed by atoms with Crippen molar-refractivity contribution in [2.24, 2.45) is 5.92 Å². The van der Waals surface area contributed by atoms with E-state index in [0.29, 0.717) is 24.7 Å². The summed E-state index contributed by atoms with van der Waals surface area (Å²) in [4.78, 5) is 20.9. The molecular weight excluding hydrogens is 363 g/mol. The summed E-state index contributed by atoms with van der Waals surface area (Å²) in [5.74, 6) is -0.130. The largest absolute Gasteiger partial charge is 0.447 e. The van der Waals surface area contributed by atoms with E-state index in [1.54, 1.807) is 6.07 Å². The van der Waals surface area contributed by atoms with Gasteiger partial charge in [-0.3, -0.25) is 14.6 Å². The summed E-state index contributed by atoms with van der Waals surface area (Å²) in [5.41, 5.74) is 0.534. The molecule has 1 fully saturated rings. The van der Waals surface area contributed by atoms with Gasteiger partial charge in [-0.15, -0.1) is 0 Å². The molecule has 2 heterocycles. The Morgan fingerprint density at radius 2 is 2.00 bits per heavy atom. The summed E-state index contributed by atoms with van der Waals surface area (Å²) in [6.45, 7) is 8.69. The van der Waals surface area contributed by atoms with Crippen LogP contribution in [0.5, 0.6) is 0 Å². The van der Waals surface area contributed by atoms with Crippen LogP contribution in [0.3, 0.4) is 0 Å². The van der Waals surface area contributed by atoms with Crippen molar-refractivity contribution in [2.45, 2.75) is 26.5 Å². The van der Waals surface area contributed by atoms with Gasteiger partial charge in [-0.1, -0.05) is 19.9 Å². The maximum absolute atomic E-state index is 13.2. The molecule has 0 aliphatic carbocycles. The Morgan fingerprint density at radius 3 is 2.68 bits per heavy atom. The number of aliphatic hydroxyl groups excluding tert-OH is 1. The van der Waals surface area contributed by atoms with Crippen molar-refractivity contribution in [1.82, 2.24) is 14.8 Å². The highest BCUT2D eigenvalue weighted by atomic mass is 19.1. The number of hydrogen-bond donors (Lipinski definition) is 2. The Labute approximate surface area is 164 Å². The minimum Gasteiger partial charge on any atom is -0.447 e. The van der Waals surface area contributed by atoms with E-state index in [0.717, 1.165) is 26.2 Å². The number of carbonyl (C=O) groups excluding carboxylic acids is 1. The van der Waals surface area contributed by atoms with Crippen LogP contribution in [0.1, 0.15) is 30.2 Å². The number of benzene rings is 1. The number of amides is 1. The summed E-state index contributed by atoms with van der Waals surface area (Å²) in [5, 5.41) is 12.6. The fourth-order valence-corrected chi connectivity index (χ4v) is 3.05. The molecule has 0 saturated carbocycles. The Kier molecular flexibility index (Phi) is 6.77. The normalized spacial score (nSPS) is 17.0. The molecule has 1 amide bonds. The Morgan fingerprint density at radius 1 is 1.29 bits per heavy atom. The molecule has 2 aromatic rings. The Balaban J connectivity index is 1.48. The van der Waals surface area contributed by atoms with Crippen molar-refractivity contribution in [2.75, 3.05) is 38.0 Å². The number of carbonyl (C=O) groups is 1. The molecule has 0 bridgehead atoms. The van der Waals surface area contributed by atoms with Gasteiger partial charge in [0.1, 0.15) is 12.1 Å². The first-order chi connectivity index (χ1) is 13.4. The van der Waals surface area contributed by atoms with E-state index in [-0.39, 0.29) is 17.7 Å². The lowest BCUT2D eigenvalue weighted by Gasteiger charge is -2.35. The average molecular weight is 390 g/mol. The van der Waals surface area contributed by atoms with Gasteiger partial charge in [0.05, 0.1) is 12.6 Å². The van der Waals surface area contributed by atoms with E-state index in [9.17, 15) is 14.3 Å². The minimum atomic E-state index is -0.437. The van der Waals surface area contributed by atoms with Crippen molar-refractivity contribution in [3.8, 4) is 0 Å². The van der Waals surface area contributed by atoms with Crippen molar-refractivity contribution >= 4 is 11.6 Å². The molecule has 8 heteroatoms. The van der Waals surface area contributed by atoms with Gasteiger partial charge in [-0.2, -0.15) is 0 Å². The highest BCUT2D eigenvalue weighted by molar-refractivity contribution is 6.02. The van der Waals surface area contributed by atoms with Crippen molar-refractivity contribution < 1.29 is 18.7 Å². The topological polar surface area (TPSA) is 81.8 Å². The zero-order chi connectivity index (χ0) is 20.1. The fraction of sp³-hybridized carbons (Fsp3) is 0.500. The number of nitrogens with zero attached hydrogens (tertiary/aromatic N) is 3. The molecule has 0 spiro atoms. The average Bonchev–Trinajstić information content (AvgIpc) is 3.12. The minimum absolute atomic E-state index is 0.165. The van der Waals surface area contributed by atoms with E-state index >= 15 is 0 Å². The number of aliphatic hydroxyl groups is 1. The Bertz CT molecular complexity index is 787. The van der Waals surface area contributed by atoms with Crippen molar-refractivity contribution in [1.29, 1.82) is 0 Å². The van der Waals surface area contributed by atoms with Crippen molar-refractivity contribution in [3.63, 3.8) is 0 Å². The first kappa shape index (κ1) is 20.4. The van der Waals surface area contributed by atoms with Gasteiger partial charge in [-0.25, -0.2) is 9.37 Å². The Hall–Kier alpha value is -2.29. The summed E-state index contributed by atoms with van der Waals surface area (Å²) >= 11 is 0. The monoisotopic (exact) mass is 390 g/mol. The SMILES string of the molecule is CC(C)[C@@H](O)CN1CCN(Cc2nc(C(=O)Nc3cccc(F)c3)co2)CC1. The number of β-amino-alcohol motifs (C(OH)–C–C–N with tert-alkyl or cyclic N) is 1. The lowest BCUT2D eigenvalue weighted by Crippen LogP contribution is -2.48. The number of halogens is 1. The molecule has 1 aromatic carbocycles. The zero-order valence-electron chi connectivity index (χ0n) is 16.3. The highest BCUT2D eigenvalue weighted by Gasteiger charge is 2.22. The van der Waals surface area contributed by atoms with E-state index in [2.05, 4.69) is 20.1 Å². The lowest BCUT2D eigenvalue weighted by molar-refractivity contribution is 0.0463. The molecule has 0 radical (unpaired) electrons. The fourth-order valence-electron chi connectivity index (χ4n) is 3.05. The number of hydrogen-bond acceptors (Lipinski definition) is 6. The predicted octanol–water partition coefficient (Wildman–Crippen LogP) is 2.20. The van der Waals surface area contributed by atoms with Gasteiger partial charge in [0.2, 0.25) is 5.89 Å². The van der Waals surface area contributed by atoms with Gasteiger partial charge in [0.25, 0.3) is 5.91 Å². The second-order valence-electron chi connectivity index (χ2n) is 7.48. The molecule has 1 aromatic heterocycles. The highest BCUT2D eigenvalue weighted by Crippen LogP contribution is 2.13. The molecule has 1 atom stereocenters. The number of piperazine rings is 1. The number of rotatable bonds is 7. The smallest absolute Gasteiger partial charge is 0.277 e. The molecule has 1 aliphatic rings. The summed E-state index contributed by atoms with van der Waals surface area (Å²) in [6, 6.07) is 5.69. The van der Waals surface area contributed by atoms with Crippen LogP contribution in [0.25, 0.3) is 0 Å². The summed E-state index contributed by atoms with van der Waals surface area (Å²) < 4.78 is 18.6. The van der Waals surface area contributed by atoms with Crippen LogP contribution in [0.15, 0.2) is 34.9 Å². The second-order valence-corrected chi connectivity index (χ2v) is 7.48. The number of oxazole rings is 1. The third-order valence-electron chi connectivity index (χ3n) is 4.91. The zero-order valence-corrected chi connectivity index (χ0v) is 16.3. The first-order valence-corrected chi connectivity index (χ1v) is 9.55. The first-order valence-electron chi connectivity index (χ1n) is 9.55. The molecular formula is C20H27FN4O3. The van der Waals surface area contributed by atoms with E-state index < -0.39 is 11.7 Å². The number of aromatic nitrogens is 1. The van der Waals surface area contributed by atoms with Crippen molar-refractivity contribution in [3.05, 3.63) is 47.9 Å². The molecule has 1 aliphatic heterocycles. The molecule has 152 valence electrons.